The van der Waals surface area contributed by atoms with Crippen LogP contribution in [0.4, 0.5) is 0 Å². The van der Waals surface area contributed by atoms with Crippen LogP contribution < -0.4 is 4.74 Å². The molecule has 0 fully saturated rings. The van der Waals surface area contributed by atoms with Crippen LogP contribution in [0.2, 0.25) is 0 Å². The highest BCUT2D eigenvalue weighted by atomic mass is 32.1. The van der Waals surface area contributed by atoms with Crippen molar-refractivity contribution in [3.8, 4) is 5.88 Å². The third kappa shape index (κ3) is 3.44. The molecule has 0 bridgehead atoms. The van der Waals surface area contributed by atoms with E-state index in [0.29, 0.717) is 11.4 Å². The average Bonchev–Trinajstić information content (AvgIpc) is 2.90. The average molecular weight is 301 g/mol. The highest BCUT2D eigenvalue weighted by Gasteiger charge is 2.13. The Morgan fingerprint density at radius 2 is 2.38 bits per heavy atom. The summed E-state index contributed by atoms with van der Waals surface area (Å²) in [5, 5.41) is 7.07. The molecule has 7 nitrogen and oxygen atoms in total. The topological polar surface area (TPSA) is 92.9 Å². The second-order valence-corrected chi connectivity index (χ2v) is 4.34. The van der Waals surface area contributed by atoms with E-state index in [1.165, 1.54) is 4.09 Å². The fourth-order valence-corrected chi connectivity index (χ4v) is 1.93. The second-order valence-electron chi connectivity index (χ2n) is 3.94. The van der Waals surface area contributed by atoms with E-state index in [9.17, 15) is 4.79 Å². The lowest BCUT2D eigenvalue weighted by atomic mass is 10.0. The molecule has 1 aromatic heterocycles. The molecule has 0 radical (unpaired) electrons. The summed E-state index contributed by atoms with van der Waals surface area (Å²) in [5.74, 6) is -0.300. The third-order valence-electron chi connectivity index (χ3n) is 2.71. The van der Waals surface area contributed by atoms with E-state index < -0.39 is 5.91 Å². The standard InChI is InChI=1S/C13H11N5O2S/c1-2-9-4-3-5-10(13(19)15-17-14)11(9)8-20-12-6-7-18(21)16-12/h2-7,21H,1,8H2. The summed E-state index contributed by atoms with van der Waals surface area (Å²) in [4.78, 5) is 14.3. The van der Waals surface area contributed by atoms with E-state index >= 15 is 0 Å². The number of aromatic nitrogens is 2. The van der Waals surface area contributed by atoms with Crippen molar-refractivity contribution in [1.82, 2.24) is 9.19 Å². The van der Waals surface area contributed by atoms with Gasteiger partial charge < -0.3 is 4.74 Å². The van der Waals surface area contributed by atoms with Crippen molar-refractivity contribution in [2.24, 2.45) is 5.11 Å². The Bertz CT molecular complexity index is 734. The third-order valence-corrected chi connectivity index (χ3v) is 2.94. The van der Waals surface area contributed by atoms with Crippen LogP contribution in [0, 0.1) is 0 Å². The highest BCUT2D eigenvalue weighted by Crippen LogP contribution is 2.20. The molecule has 1 aromatic carbocycles. The van der Waals surface area contributed by atoms with Gasteiger partial charge in [0.1, 0.15) is 6.61 Å². The first-order valence-electron chi connectivity index (χ1n) is 5.87. The number of azide groups is 1. The minimum absolute atomic E-state index is 0.0923. The number of nitrogens with zero attached hydrogens (tertiary/aromatic N) is 5. The molecule has 0 unspecified atom stereocenters. The van der Waals surface area contributed by atoms with Crippen LogP contribution in [0.5, 0.6) is 5.88 Å². The van der Waals surface area contributed by atoms with Crippen molar-refractivity contribution >= 4 is 24.8 Å². The zero-order valence-electron chi connectivity index (χ0n) is 10.9. The number of benzene rings is 1. The van der Waals surface area contributed by atoms with Crippen LogP contribution in [0.1, 0.15) is 21.5 Å². The molecule has 21 heavy (non-hydrogen) atoms. The van der Waals surface area contributed by atoms with Crippen molar-refractivity contribution in [3.63, 3.8) is 0 Å². The van der Waals surface area contributed by atoms with E-state index in [1.54, 1.807) is 36.5 Å². The number of carbonyl (C=O) groups excluding carboxylic acids is 1. The van der Waals surface area contributed by atoms with Gasteiger partial charge in [0.25, 0.3) is 0 Å². The van der Waals surface area contributed by atoms with Crippen molar-refractivity contribution in [1.29, 1.82) is 0 Å². The quantitative estimate of drug-likeness (QED) is 0.397. The monoisotopic (exact) mass is 301 g/mol. The fourth-order valence-electron chi connectivity index (χ4n) is 1.77. The fraction of sp³-hybridized carbons (Fsp3) is 0.0769. The zero-order chi connectivity index (χ0) is 15.2. The molecule has 0 atom stereocenters. The Kier molecular flexibility index (Phi) is 4.65. The second kappa shape index (κ2) is 6.65. The normalized spacial score (nSPS) is 9.76. The molecule has 0 aliphatic rings. The maximum absolute atomic E-state index is 11.8. The van der Waals surface area contributed by atoms with Crippen molar-refractivity contribution in [3.05, 3.63) is 64.2 Å². The van der Waals surface area contributed by atoms with Gasteiger partial charge in [-0.1, -0.05) is 30.9 Å². The first-order chi connectivity index (χ1) is 10.2. The molecular weight excluding hydrogens is 290 g/mol. The Balaban J connectivity index is 2.33. The first kappa shape index (κ1) is 14.7. The Morgan fingerprint density at radius 1 is 1.57 bits per heavy atom. The molecule has 0 saturated carbocycles. The number of rotatable bonds is 5. The minimum Gasteiger partial charge on any atom is -0.472 e. The van der Waals surface area contributed by atoms with Crippen molar-refractivity contribution in [2.45, 2.75) is 6.61 Å². The molecule has 2 aromatic rings. The lowest BCUT2D eigenvalue weighted by molar-refractivity contribution is 0.0998. The molecule has 0 spiro atoms. The summed E-state index contributed by atoms with van der Waals surface area (Å²) in [6.07, 6.45) is 3.21. The smallest absolute Gasteiger partial charge is 0.249 e. The zero-order valence-corrected chi connectivity index (χ0v) is 11.8. The largest absolute Gasteiger partial charge is 0.472 e. The molecule has 1 amide bonds. The minimum atomic E-state index is -0.667. The van der Waals surface area contributed by atoms with Crippen molar-refractivity contribution in [2.75, 3.05) is 0 Å². The number of carbonyl (C=O) groups is 1. The SMILES string of the molecule is C=Cc1cccc(C(=O)N=[N+]=[N-])c1COc1ccn(S)n1. The lowest BCUT2D eigenvalue weighted by Crippen LogP contribution is -2.06. The Hall–Kier alpha value is -2.70. The van der Waals surface area contributed by atoms with Gasteiger partial charge in [-0.25, -0.2) is 4.09 Å². The van der Waals surface area contributed by atoms with Crippen LogP contribution in [-0.2, 0) is 6.61 Å². The van der Waals surface area contributed by atoms with Gasteiger partial charge in [-0.05, 0) is 29.0 Å². The van der Waals surface area contributed by atoms with Gasteiger partial charge in [-0.3, -0.25) is 4.79 Å². The predicted molar refractivity (Wildman–Crippen MR) is 81.0 cm³/mol. The predicted octanol–water partition coefficient (Wildman–Crippen LogP) is 3.25. The van der Waals surface area contributed by atoms with Gasteiger partial charge in [-0.15, -0.1) is 5.10 Å². The van der Waals surface area contributed by atoms with Gasteiger partial charge >= 0.3 is 0 Å². The molecule has 0 aliphatic carbocycles. The van der Waals surface area contributed by atoms with Crippen LogP contribution in [-0.4, -0.2) is 15.1 Å². The summed E-state index contributed by atoms with van der Waals surface area (Å²) in [5.41, 5.74) is 9.97. The van der Waals surface area contributed by atoms with Gasteiger partial charge in [0.05, 0.1) is 0 Å². The van der Waals surface area contributed by atoms with Crippen LogP contribution >= 0.6 is 12.8 Å². The van der Waals surface area contributed by atoms with E-state index in [4.69, 9.17) is 10.3 Å². The van der Waals surface area contributed by atoms with Gasteiger partial charge in [0.2, 0.25) is 11.8 Å². The molecule has 106 valence electrons. The summed E-state index contributed by atoms with van der Waals surface area (Å²) < 4.78 is 6.82. The van der Waals surface area contributed by atoms with E-state index in [1.807, 2.05) is 0 Å². The van der Waals surface area contributed by atoms with Gasteiger partial charge in [0, 0.05) is 28.3 Å². The van der Waals surface area contributed by atoms with E-state index in [-0.39, 0.29) is 12.2 Å². The van der Waals surface area contributed by atoms with Crippen molar-refractivity contribution < 1.29 is 9.53 Å². The molecule has 8 heteroatoms. The lowest BCUT2D eigenvalue weighted by Gasteiger charge is -2.10. The van der Waals surface area contributed by atoms with Crippen LogP contribution in [0.3, 0.4) is 0 Å². The maximum Gasteiger partial charge on any atom is 0.249 e. The molecule has 0 N–H and O–H groups in total. The number of amides is 1. The molecule has 0 aliphatic heterocycles. The highest BCUT2D eigenvalue weighted by molar-refractivity contribution is 7.78. The van der Waals surface area contributed by atoms with Crippen LogP contribution in [0.15, 0.2) is 42.2 Å². The number of hydrogen-bond acceptors (Lipinski definition) is 4. The van der Waals surface area contributed by atoms with Gasteiger partial charge in [0.15, 0.2) is 0 Å². The number of ether oxygens (including phenoxy) is 1. The Labute approximate surface area is 126 Å². The summed E-state index contributed by atoms with van der Waals surface area (Å²) in [6.45, 7) is 3.79. The first-order valence-corrected chi connectivity index (χ1v) is 6.27. The molecule has 0 saturated heterocycles. The summed E-state index contributed by atoms with van der Waals surface area (Å²) >= 11 is 4.00. The molecule has 2 rings (SSSR count). The van der Waals surface area contributed by atoms with E-state index in [2.05, 4.69) is 34.5 Å². The summed E-state index contributed by atoms with van der Waals surface area (Å²) in [7, 11) is 0. The number of hydrogen-bond donors (Lipinski definition) is 1. The molecular formula is C13H11N5O2S. The Morgan fingerprint density at radius 3 is 3.00 bits per heavy atom. The maximum atomic E-state index is 11.8. The van der Waals surface area contributed by atoms with E-state index in [0.717, 1.165) is 5.56 Å². The molecule has 1 heterocycles. The van der Waals surface area contributed by atoms with Gasteiger partial charge in [-0.2, -0.15) is 0 Å². The van der Waals surface area contributed by atoms with Crippen LogP contribution in [0.25, 0.3) is 16.5 Å². The summed E-state index contributed by atoms with van der Waals surface area (Å²) in [6, 6.07) is 6.68. The number of thiol groups is 1.